The molecule has 20 heavy (non-hydrogen) atoms. The van der Waals surface area contributed by atoms with Crippen LogP contribution in [0, 0.1) is 0 Å². The molecule has 0 bridgehead atoms. The zero-order valence-corrected chi connectivity index (χ0v) is 17.1. The van der Waals surface area contributed by atoms with E-state index in [2.05, 4.69) is 21.0 Å². The van der Waals surface area contributed by atoms with Crippen LogP contribution in [0.1, 0.15) is 84.0 Å². The molecule has 0 aliphatic rings. The third kappa shape index (κ3) is 14.6. The highest BCUT2D eigenvalue weighted by Crippen LogP contribution is 2.12. The molecule has 0 unspecified atom stereocenters. The second-order valence-corrected chi connectivity index (χ2v) is 8.27. The molecule has 0 aliphatic carbocycles. The van der Waals surface area contributed by atoms with Gasteiger partial charge in [0.2, 0.25) is 0 Å². The van der Waals surface area contributed by atoms with Gasteiger partial charge in [-0.15, -0.1) is 0 Å². The Morgan fingerprint density at radius 2 is 1.00 bits per heavy atom. The molecular formula is C18H42NSi+. The van der Waals surface area contributed by atoms with Crippen molar-refractivity contribution in [2.24, 2.45) is 0 Å². The van der Waals surface area contributed by atoms with E-state index in [1.165, 1.54) is 111 Å². The van der Waals surface area contributed by atoms with Gasteiger partial charge >= 0.3 is 0 Å². The van der Waals surface area contributed by atoms with Crippen molar-refractivity contribution in [2.45, 2.75) is 90.0 Å². The van der Waals surface area contributed by atoms with E-state index in [9.17, 15) is 0 Å². The van der Waals surface area contributed by atoms with E-state index in [-0.39, 0.29) is 0 Å². The highest BCUT2D eigenvalue weighted by atomic mass is 28.1. The fraction of sp³-hybridized carbons (Fsp3) is 1.00. The normalized spacial score (nSPS) is 12.2. The summed E-state index contributed by atoms with van der Waals surface area (Å²) in [6, 6.07) is 1.47. The van der Waals surface area contributed by atoms with Crippen LogP contribution in [0.15, 0.2) is 0 Å². The van der Waals surface area contributed by atoms with E-state index in [4.69, 9.17) is 0 Å². The maximum absolute atomic E-state index is 2.41. The molecule has 0 fully saturated rings. The Labute approximate surface area is 132 Å². The highest BCUT2D eigenvalue weighted by molar-refractivity contribution is 6.08. The first kappa shape index (κ1) is 20.2. The molecule has 0 aromatic carbocycles. The van der Waals surface area contributed by atoms with E-state index >= 15 is 0 Å². The SMILES string of the molecule is CCCCCCCCCCCCC[N+](C)(C)CCC[SiH3]. The van der Waals surface area contributed by atoms with Crippen LogP contribution in [-0.2, 0) is 0 Å². The fourth-order valence-electron chi connectivity index (χ4n) is 2.90. The van der Waals surface area contributed by atoms with Crippen molar-refractivity contribution in [2.75, 3.05) is 27.2 Å². The van der Waals surface area contributed by atoms with Crippen LogP contribution in [0.25, 0.3) is 0 Å². The van der Waals surface area contributed by atoms with Crippen LogP contribution in [0.2, 0.25) is 6.04 Å². The minimum Gasteiger partial charge on any atom is -0.328 e. The molecule has 0 aromatic rings. The van der Waals surface area contributed by atoms with Crippen molar-refractivity contribution in [3.63, 3.8) is 0 Å². The number of unbranched alkanes of at least 4 members (excludes halogenated alkanes) is 10. The molecule has 122 valence electrons. The average molecular weight is 301 g/mol. The fourth-order valence-corrected chi connectivity index (χ4v) is 3.22. The lowest BCUT2D eigenvalue weighted by molar-refractivity contribution is -0.890. The Balaban J connectivity index is 3.20. The van der Waals surface area contributed by atoms with Crippen LogP contribution in [0.4, 0.5) is 0 Å². The molecule has 1 nitrogen and oxygen atoms in total. The van der Waals surface area contributed by atoms with Gasteiger partial charge in [0.25, 0.3) is 0 Å². The monoisotopic (exact) mass is 300 g/mol. The second-order valence-electron chi connectivity index (χ2n) is 7.27. The summed E-state index contributed by atoms with van der Waals surface area (Å²) < 4.78 is 1.25. The van der Waals surface area contributed by atoms with Crippen molar-refractivity contribution in [3.05, 3.63) is 0 Å². The van der Waals surface area contributed by atoms with Crippen molar-refractivity contribution >= 4 is 10.2 Å². The summed E-state index contributed by atoms with van der Waals surface area (Å²) in [5.74, 6) is 0. The lowest BCUT2D eigenvalue weighted by Gasteiger charge is -2.29. The Morgan fingerprint density at radius 1 is 0.600 bits per heavy atom. The molecule has 0 radical (unpaired) electrons. The lowest BCUT2D eigenvalue weighted by atomic mass is 10.1. The third-order valence-corrected chi connectivity index (χ3v) is 5.19. The smallest absolute Gasteiger partial charge is 0.0782 e. The van der Waals surface area contributed by atoms with Crippen molar-refractivity contribution in [1.82, 2.24) is 0 Å². The van der Waals surface area contributed by atoms with Gasteiger partial charge in [-0.2, -0.15) is 0 Å². The summed E-state index contributed by atoms with van der Waals surface area (Å²) in [5.41, 5.74) is 0. The Kier molecular flexibility index (Phi) is 14.3. The number of quaternary nitrogens is 1. The Morgan fingerprint density at radius 3 is 1.45 bits per heavy atom. The molecule has 0 rings (SSSR count). The molecule has 0 spiro atoms. The van der Waals surface area contributed by atoms with Crippen LogP contribution in [-0.4, -0.2) is 41.9 Å². The van der Waals surface area contributed by atoms with Crippen molar-refractivity contribution in [1.29, 1.82) is 0 Å². The van der Waals surface area contributed by atoms with Crippen LogP contribution >= 0.6 is 0 Å². The van der Waals surface area contributed by atoms with E-state index in [1.54, 1.807) is 0 Å². The first-order valence-corrected chi connectivity index (χ1v) is 10.9. The molecule has 0 N–H and O–H groups in total. The zero-order chi connectivity index (χ0) is 15.1. The van der Waals surface area contributed by atoms with Crippen molar-refractivity contribution < 1.29 is 4.48 Å². The minimum absolute atomic E-state index is 1.25. The van der Waals surface area contributed by atoms with Gasteiger partial charge < -0.3 is 4.48 Å². The summed E-state index contributed by atoms with van der Waals surface area (Å²) in [4.78, 5) is 0. The van der Waals surface area contributed by atoms with Crippen LogP contribution in [0.5, 0.6) is 0 Å². The molecule has 0 saturated carbocycles. The average Bonchev–Trinajstić information content (AvgIpc) is 2.42. The molecule has 0 aliphatic heterocycles. The lowest BCUT2D eigenvalue weighted by Crippen LogP contribution is -2.41. The van der Waals surface area contributed by atoms with Gasteiger partial charge in [-0.3, -0.25) is 0 Å². The molecule has 0 heterocycles. The third-order valence-electron chi connectivity index (χ3n) is 4.48. The van der Waals surface area contributed by atoms with Crippen LogP contribution in [0.3, 0.4) is 0 Å². The van der Waals surface area contributed by atoms with Gasteiger partial charge in [0, 0.05) is 10.2 Å². The topological polar surface area (TPSA) is 0 Å². The van der Waals surface area contributed by atoms with E-state index < -0.39 is 0 Å². The van der Waals surface area contributed by atoms with Gasteiger partial charge in [0.15, 0.2) is 0 Å². The first-order chi connectivity index (χ1) is 9.62. The maximum Gasteiger partial charge on any atom is 0.0782 e. The molecule has 0 atom stereocenters. The van der Waals surface area contributed by atoms with E-state index in [0.29, 0.717) is 0 Å². The number of nitrogens with zero attached hydrogens (tertiary/aromatic N) is 1. The van der Waals surface area contributed by atoms with Gasteiger partial charge in [0.05, 0.1) is 27.2 Å². The molecule has 0 aromatic heterocycles. The summed E-state index contributed by atoms with van der Waals surface area (Å²) >= 11 is 0. The summed E-state index contributed by atoms with van der Waals surface area (Å²) in [7, 11) is 6.20. The Hall–Kier alpha value is 0.177. The van der Waals surface area contributed by atoms with Gasteiger partial charge in [-0.1, -0.05) is 70.8 Å². The molecule has 2 heteroatoms. The largest absolute Gasteiger partial charge is 0.328 e. The van der Waals surface area contributed by atoms with Gasteiger partial charge in [-0.25, -0.2) is 0 Å². The molecular weight excluding hydrogens is 258 g/mol. The number of hydrogen-bond acceptors (Lipinski definition) is 0. The summed E-state index contributed by atoms with van der Waals surface area (Å²) in [6.45, 7) is 5.07. The minimum atomic E-state index is 1.25. The quantitative estimate of drug-likeness (QED) is 0.236. The zero-order valence-electron chi connectivity index (χ0n) is 15.1. The van der Waals surface area contributed by atoms with E-state index in [0.717, 1.165) is 0 Å². The predicted molar refractivity (Wildman–Crippen MR) is 97.7 cm³/mol. The molecule has 0 saturated heterocycles. The van der Waals surface area contributed by atoms with Gasteiger partial charge in [-0.05, 0) is 19.3 Å². The predicted octanol–water partition coefficient (Wildman–Crippen LogP) is 4.55. The van der Waals surface area contributed by atoms with Crippen molar-refractivity contribution in [3.8, 4) is 0 Å². The van der Waals surface area contributed by atoms with E-state index in [1.807, 2.05) is 0 Å². The maximum atomic E-state index is 2.41. The first-order valence-electron chi connectivity index (χ1n) is 9.44. The second kappa shape index (κ2) is 14.1. The van der Waals surface area contributed by atoms with Crippen LogP contribution < -0.4 is 0 Å². The number of hydrogen-bond donors (Lipinski definition) is 0. The summed E-state index contributed by atoms with van der Waals surface area (Å²) in [6.07, 6.45) is 17.4. The highest BCUT2D eigenvalue weighted by Gasteiger charge is 2.12. The Bertz CT molecular complexity index is 192. The number of rotatable bonds is 15. The summed E-state index contributed by atoms with van der Waals surface area (Å²) in [5, 5.41) is 0. The van der Waals surface area contributed by atoms with Gasteiger partial charge in [0.1, 0.15) is 0 Å². The molecule has 0 amide bonds. The standard InChI is InChI=1S/C18H42NSi/c1-4-5-6-7-8-9-10-11-12-13-14-16-19(2,3)17-15-18-20/h4-18H2,1-3,20H3/q+1.